The Balaban J connectivity index is 2.42. The summed E-state index contributed by atoms with van der Waals surface area (Å²) in [5.74, 6) is 0.417. The molecule has 0 saturated heterocycles. The van der Waals surface area contributed by atoms with Crippen molar-refractivity contribution in [3.8, 4) is 5.88 Å². The summed E-state index contributed by atoms with van der Waals surface area (Å²) < 4.78 is 20.3. The van der Waals surface area contributed by atoms with Crippen molar-refractivity contribution in [3.05, 3.63) is 28.9 Å². The molecule has 0 aliphatic carbocycles. The van der Waals surface area contributed by atoms with E-state index in [1.54, 1.807) is 25.3 Å². The van der Waals surface area contributed by atoms with E-state index in [4.69, 9.17) is 16.3 Å². The zero-order chi connectivity index (χ0) is 16.5. The highest BCUT2D eigenvalue weighted by Gasteiger charge is 2.24. The number of methoxy groups -OCH3 is 1. The SMILES string of the molecule is COc1nc2ccc(Cl)cc2nc1[C@@H](C)N[S@@](=O)C(C)(C)C. The molecule has 1 N–H and O–H groups in total. The third-order valence-corrected chi connectivity index (χ3v) is 4.98. The van der Waals surface area contributed by atoms with Gasteiger partial charge in [0.1, 0.15) is 5.69 Å². The number of ether oxygens (including phenoxy) is 1. The topological polar surface area (TPSA) is 64.1 Å². The highest BCUT2D eigenvalue weighted by atomic mass is 35.5. The van der Waals surface area contributed by atoms with E-state index in [1.165, 1.54) is 0 Å². The van der Waals surface area contributed by atoms with Crippen molar-refractivity contribution < 1.29 is 8.95 Å². The number of aromatic nitrogens is 2. The summed E-state index contributed by atoms with van der Waals surface area (Å²) in [6.07, 6.45) is 0. The average molecular weight is 342 g/mol. The van der Waals surface area contributed by atoms with Gasteiger partial charge in [-0.1, -0.05) is 11.6 Å². The lowest BCUT2D eigenvalue weighted by Gasteiger charge is -2.22. The number of rotatable bonds is 4. The molecule has 2 aromatic rings. The molecule has 0 unspecified atom stereocenters. The molecular formula is C15H20ClN3O2S. The van der Waals surface area contributed by atoms with Crippen molar-refractivity contribution in [3.63, 3.8) is 0 Å². The lowest BCUT2D eigenvalue weighted by Crippen LogP contribution is -2.35. The fourth-order valence-corrected chi connectivity index (χ4v) is 2.80. The summed E-state index contributed by atoms with van der Waals surface area (Å²) in [6.45, 7) is 7.61. The molecule has 1 heterocycles. The summed E-state index contributed by atoms with van der Waals surface area (Å²) in [5, 5.41) is 0.594. The lowest BCUT2D eigenvalue weighted by atomic mass is 10.2. The Morgan fingerprint density at radius 2 is 1.95 bits per heavy atom. The predicted molar refractivity (Wildman–Crippen MR) is 90.5 cm³/mol. The molecule has 2 atom stereocenters. The highest BCUT2D eigenvalue weighted by Crippen LogP contribution is 2.26. The summed E-state index contributed by atoms with van der Waals surface area (Å²) in [6, 6.07) is 5.03. The molecule has 0 aliphatic rings. The van der Waals surface area contributed by atoms with Crippen molar-refractivity contribution in [2.24, 2.45) is 0 Å². The quantitative estimate of drug-likeness (QED) is 0.925. The number of halogens is 1. The van der Waals surface area contributed by atoms with E-state index in [2.05, 4.69) is 14.7 Å². The molecule has 0 fully saturated rings. The van der Waals surface area contributed by atoms with Gasteiger partial charge in [-0.25, -0.2) is 18.9 Å². The number of nitrogens with zero attached hydrogens (tertiary/aromatic N) is 2. The second-order valence-corrected chi connectivity index (χ2v) is 8.41. The average Bonchev–Trinajstić information content (AvgIpc) is 2.44. The van der Waals surface area contributed by atoms with Gasteiger partial charge in [0, 0.05) is 5.02 Å². The summed E-state index contributed by atoms with van der Waals surface area (Å²) in [4.78, 5) is 9.02. The van der Waals surface area contributed by atoms with Gasteiger partial charge in [0.05, 0.1) is 39.9 Å². The zero-order valence-electron chi connectivity index (χ0n) is 13.3. The van der Waals surface area contributed by atoms with Crippen LogP contribution in [0.3, 0.4) is 0 Å². The number of hydrogen-bond donors (Lipinski definition) is 1. The van der Waals surface area contributed by atoms with Crippen molar-refractivity contribution in [2.45, 2.75) is 38.5 Å². The van der Waals surface area contributed by atoms with Crippen LogP contribution in [0.5, 0.6) is 5.88 Å². The molecule has 120 valence electrons. The van der Waals surface area contributed by atoms with E-state index in [1.807, 2.05) is 27.7 Å². The molecule has 1 aromatic heterocycles. The van der Waals surface area contributed by atoms with Crippen LogP contribution in [0.1, 0.15) is 39.4 Å². The van der Waals surface area contributed by atoms with Gasteiger partial charge in [0.2, 0.25) is 5.88 Å². The van der Waals surface area contributed by atoms with Crippen LogP contribution in [-0.2, 0) is 11.0 Å². The van der Waals surface area contributed by atoms with E-state index >= 15 is 0 Å². The fraction of sp³-hybridized carbons (Fsp3) is 0.467. The van der Waals surface area contributed by atoms with Gasteiger partial charge in [-0.05, 0) is 45.9 Å². The molecule has 22 heavy (non-hydrogen) atoms. The van der Waals surface area contributed by atoms with Crippen molar-refractivity contribution in [1.82, 2.24) is 14.7 Å². The number of nitrogens with one attached hydrogen (secondary N) is 1. The van der Waals surface area contributed by atoms with E-state index in [-0.39, 0.29) is 10.8 Å². The Kier molecular flexibility index (Phi) is 5.04. The maximum Gasteiger partial charge on any atom is 0.237 e. The molecule has 0 aliphatic heterocycles. The molecule has 0 bridgehead atoms. The number of hydrogen-bond acceptors (Lipinski definition) is 4. The first-order valence-electron chi connectivity index (χ1n) is 6.91. The van der Waals surface area contributed by atoms with E-state index in [0.29, 0.717) is 27.6 Å². The van der Waals surface area contributed by atoms with Crippen LogP contribution in [0.2, 0.25) is 5.02 Å². The molecule has 7 heteroatoms. The Hall–Kier alpha value is -1.24. The minimum Gasteiger partial charge on any atom is -0.480 e. The van der Waals surface area contributed by atoms with Gasteiger partial charge in [0.15, 0.2) is 0 Å². The molecule has 5 nitrogen and oxygen atoms in total. The molecule has 0 radical (unpaired) electrons. The summed E-state index contributed by atoms with van der Waals surface area (Å²) in [7, 11) is 0.329. The van der Waals surface area contributed by atoms with Crippen LogP contribution in [-0.4, -0.2) is 26.0 Å². The van der Waals surface area contributed by atoms with E-state index < -0.39 is 11.0 Å². The second-order valence-electron chi connectivity index (χ2n) is 5.97. The van der Waals surface area contributed by atoms with Gasteiger partial charge in [-0.3, -0.25) is 0 Å². The Bertz CT molecular complexity index is 716. The second kappa shape index (κ2) is 6.48. The van der Waals surface area contributed by atoms with Crippen LogP contribution >= 0.6 is 11.6 Å². The van der Waals surface area contributed by atoms with Gasteiger partial charge in [0.25, 0.3) is 0 Å². The lowest BCUT2D eigenvalue weighted by molar-refractivity contribution is 0.386. The van der Waals surface area contributed by atoms with Crippen molar-refractivity contribution in [1.29, 1.82) is 0 Å². The third kappa shape index (κ3) is 3.74. The first-order chi connectivity index (χ1) is 10.2. The molecule has 2 rings (SSSR count). The van der Waals surface area contributed by atoms with Crippen LogP contribution in [0.25, 0.3) is 11.0 Å². The van der Waals surface area contributed by atoms with Crippen molar-refractivity contribution >= 4 is 33.6 Å². The van der Waals surface area contributed by atoms with Gasteiger partial charge in [-0.2, -0.15) is 0 Å². The standard InChI is InChI=1S/C15H20ClN3O2S/c1-9(19-22(20)15(2,3)4)13-14(21-5)18-11-7-6-10(16)8-12(11)17-13/h6-9,19H,1-5H3/t9-,22+/m1/s1. The largest absolute Gasteiger partial charge is 0.480 e. The minimum atomic E-state index is -1.22. The van der Waals surface area contributed by atoms with Crippen LogP contribution < -0.4 is 9.46 Å². The predicted octanol–water partition coefficient (Wildman–Crippen LogP) is 3.40. The van der Waals surface area contributed by atoms with Gasteiger partial charge >= 0.3 is 0 Å². The Morgan fingerprint density at radius 1 is 1.27 bits per heavy atom. The Labute approximate surface area is 138 Å². The normalized spacial score (nSPS) is 14.8. The van der Waals surface area contributed by atoms with Crippen LogP contribution in [0.4, 0.5) is 0 Å². The first-order valence-corrected chi connectivity index (χ1v) is 8.44. The maximum atomic E-state index is 12.3. The highest BCUT2D eigenvalue weighted by molar-refractivity contribution is 7.84. The van der Waals surface area contributed by atoms with E-state index in [0.717, 1.165) is 0 Å². The smallest absolute Gasteiger partial charge is 0.237 e. The maximum absolute atomic E-state index is 12.3. The monoisotopic (exact) mass is 341 g/mol. The van der Waals surface area contributed by atoms with Crippen LogP contribution in [0.15, 0.2) is 18.2 Å². The van der Waals surface area contributed by atoms with Gasteiger partial charge < -0.3 is 4.74 Å². The zero-order valence-corrected chi connectivity index (χ0v) is 14.9. The molecule has 0 amide bonds. The van der Waals surface area contributed by atoms with E-state index in [9.17, 15) is 4.21 Å². The minimum absolute atomic E-state index is 0.272. The first kappa shape index (κ1) is 17.1. The fourth-order valence-electron chi connectivity index (χ4n) is 1.85. The summed E-state index contributed by atoms with van der Waals surface area (Å²) in [5.41, 5.74) is 1.99. The molecule has 0 saturated carbocycles. The molecule has 0 spiro atoms. The third-order valence-electron chi connectivity index (χ3n) is 3.06. The molecule has 1 aromatic carbocycles. The van der Waals surface area contributed by atoms with Crippen LogP contribution in [0, 0.1) is 0 Å². The number of benzene rings is 1. The Morgan fingerprint density at radius 3 is 2.55 bits per heavy atom. The number of fused-ring (bicyclic) bond motifs is 1. The molecular weight excluding hydrogens is 322 g/mol. The van der Waals surface area contributed by atoms with Crippen molar-refractivity contribution in [2.75, 3.05) is 7.11 Å². The van der Waals surface area contributed by atoms with Gasteiger partial charge in [-0.15, -0.1) is 0 Å². The summed E-state index contributed by atoms with van der Waals surface area (Å²) >= 11 is 6.01.